The van der Waals surface area contributed by atoms with Crippen LogP contribution in [0, 0.1) is 0 Å². The maximum atomic E-state index is 14.3. The molecule has 152 valence electrons. The Balaban J connectivity index is 2.18. The Bertz CT molecular complexity index is 899. The van der Waals surface area contributed by atoms with Crippen LogP contribution in [0.2, 0.25) is 0 Å². The largest absolute Gasteiger partial charge is 0.492 e. The molecule has 0 saturated carbocycles. The van der Waals surface area contributed by atoms with Gasteiger partial charge < -0.3 is 9.84 Å². The zero-order valence-corrected chi connectivity index (χ0v) is 16.2. The van der Waals surface area contributed by atoms with Gasteiger partial charge in [-0.15, -0.1) is 11.6 Å². The van der Waals surface area contributed by atoms with Gasteiger partial charge in [-0.2, -0.15) is 13.2 Å². The molecule has 3 aromatic rings. The minimum atomic E-state index is -4.69. The first-order chi connectivity index (χ1) is 13.9. The Morgan fingerprint density at radius 3 is 1.83 bits per heavy atom. The van der Waals surface area contributed by atoms with Gasteiger partial charge in [0.1, 0.15) is 23.9 Å². The number of alkyl halides is 4. The molecule has 2 unspecified atom stereocenters. The zero-order valence-electron chi connectivity index (χ0n) is 15.4. The maximum Gasteiger partial charge on any atom is 0.399 e. The van der Waals surface area contributed by atoms with Crippen molar-refractivity contribution in [2.24, 2.45) is 0 Å². The number of rotatable bonds is 7. The lowest BCUT2D eigenvalue weighted by Crippen LogP contribution is -2.42. The van der Waals surface area contributed by atoms with E-state index >= 15 is 0 Å². The van der Waals surface area contributed by atoms with Gasteiger partial charge in [-0.1, -0.05) is 72.8 Å². The van der Waals surface area contributed by atoms with Crippen molar-refractivity contribution >= 4 is 11.6 Å². The van der Waals surface area contributed by atoms with Crippen LogP contribution in [0.1, 0.15) is 22.6 Å². The van der Waals surface area contributed by atoms with Gasteiger partial charge in [0, 0.05) is 0 Å². The molecule has 0 aromatic heterocycles. The Morgan fingerprint density at radius 1 is 0.793 bits per heavy atom. The van der Waals surface area contributed by atoms with Gasteiger partial charge >= 0.3 is 6.18 Å². The minimum Gasteiger partial charge on any atom is -0.492 e. The number of halogens is 4. The van der Waals surface area contributed by atoms with Gasteiger partial charge in [0.2, 0.25) is 0 Å². The van der Waals surface area contributed by atoms with Gasteiger partial charge in [-0.25, -0.2) is 0 Å². The molecule has 0 saturated heterocycles. The first kappa shape index (κ1) is 21.2. The smallest absolute Gasteiger partial charge is 0.399 e. The molecule has 3 rings (SSSR count). The van der Waals surface area contributed by atoms with Gasteiger partial charge in [0.05, 0.1) is 5.88 Å². The lowest BCUT2D eigenvalue weighted by molar-refractivity contribution is -0.190. The van der Waals surface area contributed by atoms with E-state index in [1.54, 1.807) is 24.3 Å². The highest BCUT2D eigenvalue weighted by atomic mass is 35.5. The molecule has 2 atom stereocenters. The van der Waals surface area contributed by atoms with Crippen LogP contribution in [0.3, 0.4) is 0 Å². The molecular formula is C23H20ClF3O2. The Labute approximate surface area is 172 Å². The first-order valence-corrected chi connectivity index (χ1v) is 9.59. The van der Waals surface area contributed by atoms with E-state index in [1.807, 2.05) is 0 Å². The van der Waals surface area contributed by atoms with Crippen molar-refractivity contribution in [1.29, 1.82) is 0 Å². The lowest BCUT2D eigenvalue weighted by atomic mass is 9.72. The summed E-state index contributed by atoms with van der Waals surface area (Å²) in [5.41, 5.74) is -2.08. The summed E-state index contributed by atoms with van der Waals surface area (Å²) in [6, 6.07) is 21.4. The van der Waals surface area contributed by atoms with Gasteiger partial charge in [-0.3, -0.25) is 0 Å². The quantitative estimate of drug-likeness (QED) is 0.483. The summed E-state index contributed by atoms with van der Waals surface area (Å²) in [5.74, 6) is -1.40. The summed E-state index contributed by atoms with van der Waals surface area (Å²) >= 11 is 5.60. The number of ether oxygens (including phenoxy) is 1. The SMILES string of the molecule is OC(c1ccccc1)(c1ccc(OCCCl)cc1)C(c1ccccc1)C(F)(F)F. The molecule has 0 fully saturated rings. The van der Waals surface area contributed by atoms with Crippen molar-refractivity contribution in [2.75, 3.05) is 12.5 Å². The monoisotopic (exact) mass is 420 g/mol. The minimum absolute atomic E-state index is 0.0196. The van der Waals surface area contributed by atoms with Crippen molar-refractivity contribution in [3.63, 3.8) is 0 Å². The van der Waals surface area contributed by atoms with E-state index in [2.05, 4.69) is 0 Å². The fraction of sp³-hybridized carbons (Fsp3) is 0.217. The molecule has 0 radical (unpaired) electrons. The summed E-state index contributed by atoms with van der Waals surface area (Å²) < 4.78 is 48.4. The summed E-state index contributed by atoms with van der Waals surface area (Å²) in [7, 11) is 0. The van der Waals surface area contributed by atoms with Crippen LogP contribution in [0.5, 0.6) is 5.75 Å². The van der Waals surface area contributed by atoms with E-state index in [0.717, 1.165) is 0 Å². The van der Waals surface area contributed by atoms with Crippen LogP contribution in [0.15, 0.2) is 84.9 Å². The third kappa shape index (κ3) is 4.57. The molecule has 2 nitrogen and oxygen atoms in total. The third-order valence-corrected chi connectivity index (χ3v) is 4.89. The zero-order chi connectivity index (χ0) is 20.9. The van der Waals surface area contributed by atoms with Gasteiger partial charge in [-0.05, 0) is 28.8 Å². The van der Waals surface area contributed by atoms with Crippen molar-refractivity contribution in [2.45, 2.75) is 17.7 Å². The second-order valence-corrected chi connectivity index (χ2v) is 6.96. The number of aliphatic hydroxyl groups is 1. The fourth-order valence-corrected chi connectivity index (χ4v) is 3.54. The van der Waals surface area contributed by atoms with Crippen LogP contribution in [0.25, 0.3) is 0 Å². The van der Waals surface area contributed by atoms with Crippen molar-refractivity contribution in [1.82, 2.24) is 0 Å². The third-order valence-electron chi connectivity index (χ3n) is 4.73. The van der Waals surface area contributed by atoms with E-state index in [4.69, 9.17) is 16.3 Å². The van der Waals surface area contributed by atoms with Gasteiger partial charge in [0.15, 0.2) is 0 Å². The predicted octanol–water partition coefficient (Wildman–Crippen LogP) is 5.89. The molecule has 0 aliphatic rings. The molecule has 0 bridgehead atoms. The highest BCUT2D eigenvalue weighted by Crippen LogP contribution is 2.51. The van der Waals surface area contributed by atoms with Crippen LogP contribution < -0.4 is 4.74 Å². The van der Waals surface area contributed by atoms with Crippen molar-refractivity contribution < 1.29 is 23.0 Å². The molecule has 6 heteroatoms. The molecule has 0 amide bonds. The molecule has 0 heterocycles. The predicted molar refractivity (Wildman–Crippen MR) is 107 cm³/mol. The molecule has 0 aliphatic carbocycles. The normalized spacial score (nSPS) is 14.8. The second-order valence-electron chi connectivity index (χ2n) is 6.58. The molecule has 1 N–H and O–H groups in total. The second kappa shape index (κ2) is 8.89. The first-order valence-electron chi connectivity index (χ1n) is 9.06. The lowest BCUT2D eigenvalue weighted by Gasteiger charge is -2.38. The molecule has 0 aliphatic heterocycles. The van der Waals surface area contributed by atoms with E-state index < -0.39 is 17.7 Å². The highest BCUT2D eigenvalue weighted by molar-refractivity contribution is 6.18. The van der Waals surface area contributed by atoms with Crippen LogP contribution >= 0.6 is 11.6 Å². The van der Waals surface area contributed by atoms with E-state index in [0.29, 0.717) is 11.6 Å². The molecule has 0 spiro atoms. The average Bonchev–Trinajstić information content (AvgIpc) is 2.73. The fourth-order valence-electron chi connectivity index (χ4n) is 3.47. The Kier molecular flexibility index (Phi) is 6.50. The molecular weight excluding hydrogens is 401 g/mol. The Hall–Kier alpha value is -2.50. The van der Waals surface area contributed by atoms with Crippen LogP contribution in [-0.2, 0) is 5.60 Å². The number of hydrogen-bond acceptors (Lipinski definition) is 2. The Morgan fingerprint density at radius 2 is 1.31 bits per heavy atom. The summed E-state index contributed by atoms with van der Waals surface area (Å²) in [5, 5.41) is 11.7. The summed E-state index contributed by atoms with van der Waals surface area (Å²) in [4.78, 5) is 0. The van der Waals surface area contributed by atoms with Gasteiger partial charge in [0.25, 0.3) is 0 Å². The van der Waals surface area contributed by atoms with E-state index in [1.165, 1.54) is 60.7 Å². The number of hydrogen-bond donors (Lipinski definition) is 1. The van der Waals surface area contributed by atoms with Crippen LogP contribution in [-0.4, -0.2) is 23.8 Å². The molecule has 3 aromatic carbocycles. The standard InChI is InChI=1S/C23H20ClF3O2/c24-15-16-29-20-13-11-19(12-14-20)22(28,18-9-5-2-6-10-18)21(23(25,26)27)17-7-3-1-4-8-17/h1-14,21,28H,15-16H2. The van der Waals surface area contributed by atoms with E-state index in [9.17, 15) is 18.3 Å². The topological polar surface area (TPSA) is 29.5 Å². The van der Waals surface area contributed by atoms with E-state index in [-0.39, 0.29) is 23.3 Å². The average molecular weight is 421 g/mol. The van der Waals surface area contributed by atoms with Crippen molar-refractivity contribution in [3.8, 4) is 5.75 Å². The summed E-state index contributed by atoms with van der Waals surface area (Å²) in [6.07, 6.45) is -4.69. The highest BCUT2D eigenvalue weighted by Gasteiger charge is 2.55. The maximum absolute atomic E-state index is 14.3. The summed E-state index contributed by atoms with van der Waals surface area (Å²) in [6.45, 7) is 0.277. The molecule has 29 heavy (non-hydrogen) atoms. The van der Waals surface area contributed by atoms with Crippen molar-refractivity contribution in [3.05, 3.63) is 102 Å². The van der Waals surface area contributed by atoms with Crippen LogP contribution in [0.4, 0.5) is 13.2 Å². The number of benzene rings is 3.